The Kier molecular flexibility index (Phi) is 5.83. The highest BCUT2D eigenvalue weighted by Crippen LogP contribution is 2.28. The number of alkyl halides is 1. The number of methoxy groups -OCH3 is 1. The van der Waals surface area contributed by atoms with E-state index in [4.69, 9.17) is 16.3 Å². The largest absolute Gasteiger partial charge is 0.385 e. The molecule has 3 unspecified atom stereocenters. The molecule has 1 aliphatic rings. The molecular weight excluding hydrogens is 198 g/mol. The Balaban J connectivity index is 2.02. The summed E-state index contributed by atoms with van der Waals surface area (Å²) < 4.78 is 5.04. The molecule has 0 bridgehead atoms. The topological polar surface area (TPSA) is 21.3 Å². The highest BCUT2D eigenvalue weighted by molar-refractivity contribution is 6.20. The summed E-state index contributed by atoms with van der Waals surface area (Å²) in [5.41, 5.74) is 0. The van der Waals surface area contributed by atoms with Gasteiger partial charge in [0, 0.05) is 25.1 Å². The van der Waals surface area contributed by atoms with E-state index in [2.05, 4.69) is 12.2 Å². The Hall–Kier alpha value is 0.210. The molecule has 0 heterocycles. The molecule has 3 atom stereocenters. The van der Waals surface area contributed by atoms with Crippen LogP contribution in [0.3, 0.4) is 0 Å². The molecule has 0 spiro atoms. The van der Waals surface area contributed by atoms with E-state index in [0.29, 0.717) is 11.4 Å². The first-order valence-corrected chi connectivity index (χ1v) is 6.02. The average Bonchev–Trinajstić information content (AvgIpc) is 2.58. The van der Waals surface area contributed by atoms with Gasteiger partial charge in [-0.15, -0.1) is 11.6 Å². The second-order valence-electron chi connectivity index (χ2n) is 4.37. The van der Waals surface area contributed by atoms with Gasteiger partial charge in [-0.25, -0.2) is 0 Å². The normalized spacial score (nSPS) is 29.4. The van der Waals surface area contributed by atoms with Crippen molar-refractivity contribution in [2.45, 2.75) is 44.0 Å². The van der Waals surface area contributed by atoms with Crippen molar-refractivity contribution < 1.29 is 4.74 Å². The van der Waals surface area contributed by atoms with Gasteiger partial charge in [0.2, 0.25) is 0 Å². The van der Waals surface area contributed by atoms with E-state index in [-0.39, 0.29) is 0 Å². The fourth-order valence-corrected chi connectivity index (χ4v) is 2.34. The van der Waals surface area contributed by atoms with E-state index < -0.39 is 0 Å². The highest BCUT2D eigenvalue weighted by Gasteiger charge is 2.22. The zero-order chi connectivity index (χ0) is 10.4. The van der Waals surface area contributed by atoms with Crippen LogP contribution in [0.1, 0.15) is 32.6 Å². The van der Waals surface area contributed by atoms with Crippen LogP contribution in [0.5, 0.6) is 0 Å². The summed E-state index contributed by atoms with van der Waals surface area (Å²) in [6, 6.07) is 0.560. The van der Waals surface area contributed by atoms with Gasteiger partial charge in [-0.05, 0) is 45.1 Å². The van der Waals surface area contributed by atoms with E-state index in [1.54, 1.807) is 7.11 Å². The maximum absolute atomic E-state index is 6.06. The van der Waals surface area contributed by atoms with Crippen molar-refractivity contribution in [2.75, 3.05) is 20.3 Å². The monoisotopic (exact) mass is 219 g/mol. The standard InChI is InChI=1S/C11H22ClNO/c1-9(5-6-14-2)13-8-10-3-4-11(12)7-10/h9-11,13H,3-8H2,1-2H3. The predicted octanol–water partition coefficient (Wildman–Crippen LogP) is 2.41. The van der Waals surface area contributed by atoms with Crippen LogP contribution >= 0.6 is 11.6 Å². The Bertz CT molecular complexity index is 154. The molecule has 0 saturated heterocycles. The summed E-state index contributed by atoms with van der Waals surface area (Å²) in [5.74, 6) is 0.794. The van der Waals surface area contributed by atoms with Crippen LogP contribution in [0.4, 0.5) is 0 Å². The van der Waals surface area contributed by atoms with Crippen LogP contribution in [0.25, 0.3) is 0 Å². The first kappa shape index (κ1) is 12.3. The zero-order valence-corrected chi connectivity index (χ0v) is 10.0. The van der Waals surface area contributed by atoms with Crippen molar-refractivity contribution in [3.63, 3.8) is 0 Å². The first-order valence-electron chi connectivity index (χ1n) is 5.58. The van der Waals surface area contributed by atoms with Crippen LogP contribution in [-0.4, -0.2) is 31.7 Å². The molecule has 1 N–H and O–H groups in total. The summed E-state index contributed by atoms with van der Waals surface area (Å²) in [6.45, 7) is 4.18. The Morgan fingerprint density at radius 1 is 1.50 bits per heavy atom. The van der Waals surface area contributed by atoms with Gasteiger partial charge < -0.3 is 10.1 Å². The number of ether oxygens (including phenoxy) is 1. The quantitative estimate of drug-likeness (QED) is 0.693. The maximum Gasteiger partial charge on any atom is 0.0476 e. The molecule has 84 valence electrons. The van der Waals surface area contributed by atoms with Crippen LogP contribution in [0, 0.1) is 5.92 Å². The van der Waals surface area contributed by atoms with Gasteiger partial charge in [-0.2, -0.15) is 0 Å². The van der Waals surface area contributed by atoms with Crippen molar-refractivity contribution in [2.24, 2.45) is 5.92 Å². The summed E-state index contributed by atoms with van der Waals surface area (Å²) in [4.78, 5) is 0. The Labute approximate surface area is 92.3 Å². The Morgan fingerprint density at radius 2 is 2.29 bits per heavy atom. The third-order valence-electron chi connectivity index (χ3n) is 2.99. The minimum atomic E-state index is 0.427. The molecule has 0 aromatic rings. The van der Waals surface area contributed by atoms with Crippen molar-refractivity contribution in [1.29, 1.82) is 0 Å². The highest BCUT2D eigenvalue weighted by atomic mass is 35.5. The number of halogens is 1. The molecule has 14 heavy (non-hydrogen) atoms. The maximum atomic E-state index is 6.06. The lowest BCUT2D eigenvalue weighted by Gasteiger charge is -2.16. The SMILES string of the molecule is COCCC(C)NCC1CCC(Cl)C1. The van der Waals surface area contributed by atoms with Crippen molar-refractivity contribution in [3.05, 3.63) is 0 Å². The minimum absolute atomic E-state index is 0.427. The molecule has 1 aliphatic carbocycles. The lowest BCUT2D eigenvalue weighted by Crippen LogP contribution is -2.31. The molecule has 0 radical (unpaired) electrons. The third kappa shape index (κ3) is 4.63. The molecule has 3 heteroatoms. The minimum Gasteiger partial charge on any atom is -0.385 e. The zero-order valence-electron chi connectivity index (χ0n) is 9.26. The molecular formula is C11H22ClNO. The number of hydrogen-bond acceptors (Lipinski definition) is 2. The van der Waals surface area contributed by atoms with Gasteiger partial charge in [0.15, 0.2) is 0 Å². The van der Waals surface area contributed by atoms with E-state index in [9.17, 15) is 0 Å². The lowest BCUT2D eigenvalue weighted by atomic mass is 10.1. The van der Waals surface area contributed by atoms with E-state index in [1.165, 1.54) is 19.3 Å². The van der Waals surface area contributed by atoms with Crippen LogP contribution in [0.2, 0.25) is 0 Å². The third-order valence-corrected chi connectivity index (χ3v) is 3.38. The second-order valence-corrected chi connectivity index (χ2v) is 4.98. The molecule has 0 aromatic heterocycles. The smallest absolute Gasteiger partial charge is 0.0476 e. The fourth-order valence-electron chi connectivity index (χ4n) is 1.96. The second kappa shape index (κ2) is 6.65. The van der Waals surface area contributed by atoms with Crippen molar-refractivity contribution >= 4 is 11.6 Å². The molecule has 0 aromatic carbocycles. The predicted molar refractivity (Wildman–Crippen MR) is 60.9 cm³/mol. The average molecular weight is 220 g/mol. The molecule has 1 fully saturated rings. The molecule has 1 saturated carbocycles. The Morgan fingerprint density at radius 3 is 2.86 bits per heavy atom. The van der Waals surface area contributed by atoms with Crippen LogP contribution < -0.4 is 5.32 Å². The number of rotatable bonds is 6. The van der Waals surface area contributed by atoms with Crippen LogP contribution in [-0.2, 0) is 4.74 Å². The van der Waals surface area contributed by atoms with E-state index >= 15 is 0 Å². The van der Waals surface area contributed by atoms with Gasteiger partial charge >= 0.3 is 0 Å². The van der Waals surface area contributed by atoms with Crippen LogP contribution in [0.15, 0.2) is 0 Å². The molecule has 1 rings (SSSR count). The van der Waals surface area contributed by atoms with E-state index in [0.717, 1.165) is 25.5 Å². The lowest BCUT2D eigenvalue weighted by molar-refractivity contribution is 0.184. The summed E-state index contributed by atoms with van der Waals surface area (Å²) in [6.07, 6.45) is 4.76. The van der Waals surface area contributed by atoms with E-state index in [1.807, 2.05) is 0 Å². The summed E-state index contributed by atoms with van der Waals surface area (Å²) in [5, 5.41) is 3.97. The first-order chi connectivity index (χ1) is 6.72. The van der Waals surface area contributed by atoms with Crippen molar-refractivity contribution in [3.8, 4) is 0 Å². The fraction of sp³-hybridized carbons (Fsp3) is 1.00. The molecule has 2 nitrogen and oxygen atoms in total. The van der Waals surface area contributed by atoms with Gasteiger partial charge in [0.25, 0.3) is 0 Å². The molecule has 0 amide bonds. The van der Waals surface area contributed by atoms with Gasteiger partial charge in [-0.3, -0.25) is 0 Å². The summed E-state index contributed by atoms with van der Waals surface area (Å²) >= 11 is 6.06. The summed E-state index contributed by atoms with van der Waals surface area (Å²) in [7, 11) is 1.75. The number of nitrogens with one attached hydrogen (secondary N) is 1. The van der Waals surface area contributed by atoms with Gasteiger partial charge in [-0.1, -0.05) is 0 Å². The number of hydrogen-bond donors (Lipinski definition) is 1. The van der Waals surface area contributed by atoms with Gasteiger partial charge in [0.05, 0.1) is 0 Å². The molecule has 0 aliphatic heterocycles. The van der Waals surface area contributed by atoms with Gasteiger partial charge in [0.1, 0.15) is 0 Å². The van der Waals surface area contributed by atoms with Crippen molar-refractivity contribution in [1.82, 2.24) is 5.32 Å².